The summed E-state index contributed by atoms with van der Waals surface area (Å²) >= 11 is 0. The molecule has 0 aromatic carbocycles. The lowest BCUT2D eigenvalue weighted by molar-refractivity contribution is 0.376. The van der Waals surface area contributed by atoms with Gasteiger partial charge in [0.15, 0.2) is 0 Å². The molecule has 0 amide bonds. The second-order valence-electron chi connectivity index (χ2n) is 4.46. The molecular weight excluding hydrogens is 174 g/mol. The third-order valence-corrected chi connectivity index (χ3v) is 3.58. The van der Waals surface area contributed by atoms with Crippen molar-refractivity contribution in [1.29, 1.82) is 0 Å². The summed E-state index contributed by atoms with van der Waals surface area (Å²) in [7, 11) is 0. The summed E-state index contributed by atoms with van der Waals surface area (Å²) in [5.41, 5.74) is 2.65. The molecule has 0 saturated heterocycles. The van der Waals surface area contributed by atoms with Crippen molar-refractivity contribution in [3.8, 4) is 0 Å². The van der Waals surface area contributed by atoms with Crippen molar-refractivity contribution in [3.05, 3.63) is 17.2 Å². The Morgan fingerprint density at radius 2 is 2.29 bits per heavy atom. The number of imidazole rings is 1. The van der Waals surface area contributed by atoms with E-state index in [1.807, 2.05) is 0 Å². The lowest BCUT2D eigenvalue weighted by Crippen LogP contribution is -2.30. The predicted molar refractivity (Wildman–Crippen MR) is 55.3 cm³/mol. The molecule has 0 radical (unpaired) electrons. The van der Waals surface area contributed by atoms with Gasteiger partial charge < -0.3 is 9.88 Å². The standard InChI is InChI=1S/C11H17N3/c1-8-10-7-12-5-6-14(10)11(13-8)9-3-2-4-9/h9,12H,2-7H2,1H3. The molecule has 0 bridgehead atoms. The molecule has 0 spiro atoms. The Morgan fingerprint density at radius 3 is 3.00 bits per heavy atom. The first-order valence-electron chi connectivity index (χ1n) is 5.63. The summed E-state index contributed by atoms with van der Waals surface area (Å²) < 4.78 is 2.45. The van der Waals surface area contributed by atoms with E-state index >= 15 is 0 Å². The normalized spacial score (nSPS) is 21.8. The minimum atomic E-state index is 0.764. The number of aromatic nitrogens is 2. The molecule has 1 aromatic rings. The van der Waals surface area contributed by atoms with Crippen LogP contribution in [0.15, 0.2) is 0 Å². The van der Waals surface area contributed by atoms with Crippen molar-refractivity contribution in [3.63, 3.8) is 0 Å². The third-order valence-electron chi connectivity index (χ3n) is 3.58. The van der Waals surface area contributed by atoms with E-state index in [1.165, 1.54) is 36.5 Å². The lowest BCUT2D eigenvalue weighted by atomic mass is 9.85. The van der Waals surface area contributed by atoms with Crippen LogP contribution in [0.4, 0.5) is 0 Å². The van der Waals surface area contributed by atoms with Gasteiger partial charge in [-0.05, 0) is 19.8 Å². The molecule has 0 unspecified atom stereocenters. The number of nitrogens with zero attached hydrogens (tertiary/aromatic N) is 2. The summed E-state index contributed by atoms with van der Waals surface area (Å²) in [6, 6.07) is 0. The predicted octanol–water partition coefficient (Wildman–Crippen LogP) is 1.56. The molecule has 1 aliphatic heterocycles. The summed E-state index contributed by atoms with van der Waals surface area (Å²) in [5, 5.41) is 3.41. The van der Waals surface area contributed by atoms with Crippen molar-refractivity contribution in [2.45, 2.75) is 45.2 Å². The first-order chi connectivity index (χ1) is 6.86. The van der Waals surface area contributed by atoms with E-state index in [4.69, 9.17) is 4.98 Å². The van der Waals surface area contributed by atoms with Gasteiger partial charge in [0.25, 0.3) is 0 Å². The Kier molecular flexibility index (Phi) is 1.87. The number of hydrogen-bond donors (Lipinski definition) is 1. The molecule has 3 nitrogen and oxygen atoms in total. The highest BCUT2D eigenvalue weighted by Crippen LogP contribution is 2.36. The van der Waals surface area contributed by atoms with E-state index in [1.54, 1.807) is 0 Å². The van der Waals surface area contributed by atoms with E-state index in [0.717, 1.165) is 25.6 Å². The second kappa shape index (κ2) is 3.09. The molecule has 1 fully saturated rings. The van der Waals surface area contributed by atoms with Gasteiger partial charge in [-0.2, -0.15) is 0 Å². The van der Waals surface area contributed by atoms with Gasteiger partial charge in [-0.15, -0.1) is 0 Å². The maximum Gasteiger partial charge on any atom is 0.112 e. The summed E-state index contributed by atoms with van der Waals surface area (Å²) in [6.07, 6.45) is 4.09. The van der Waals surface area contributed by atoms with Gasteiger partial charge in [0.05, 0.1) is 11.4 Å². The molecule has 3 rings (SSSR count). The van der Waals surface area contributed by atoms with E-state index < -0.39 is 0 Å². The van der Waals surface area contributed by atoms with Crippen molar-refractivity contribution in [2.24, 2.45) is 0 Å². The number of fused-ring (bicyclic) bond motifs is 1. The molecule has 1 aromatic heterocycles. The molecule has 1 N–H and O–H groups in total. The van der Waals surface area contributed by atoms with Crippen LogP contribution in [-0.2, 0) is 13.1 Å². The van der Waals surface area contributed by atoms with Crippen LogP contribution in [0.3, 0.4) is 0 Å². The molecule has 1 aliphatic carbocycles. The van der Waals surface area contributed by atoms with Gasteiger partial charge in [-0.25, -0.2) is 4.98 Å². The highest BCUT2D eigenvalue weighted by molar-refractivity contribution is 5.20. The zero-order chi connectivity index (χ0) is 9.54. The molecule has 1 saturated carbocycles. The van der Waals surface area contributed by atoms with E-state index in [2.05, 4.69) is 16.8 Å². The average molecular weight is 191 g/mol. The van der Waals surface area contributed by atoms with Crippen LogP contribution in [0.25, 0.3) is 0 Å². The maximum atomic E-state index is 4.74. The average Bonchev–Trinajstić information content (AvgIpc) is 2.43. The molecule has 3 heteroatoms. The first-order valence-corrected chi connectivity index (χ1v) is 5.63. The first kappa shape index (κ1) is 8.48. The van der Waals surface area contributed by atoms with Crippen molar-refractivity contribution >= 4 is 0 Å². The topological polar surface area (TPSA) is 29.9 Å². The summed E-state index contributed by atoms with van der Waals surface area (Å²) in [6.45, 7) is 5.36. The number of nitrogens with one attached hydrogen (secondary N) is 1. The fourth-order valence-electron chi connectivity index (χ4n) is 2.48. The summed E-state index contributed by atoms with van der Waals surface area (Å²) in [4.78, 5) is 4.74. The SMILES string of the molecule is Cc1nc(C2CCC2)n2c1CNCC2. The number of rotatable bonds is 1. The van der Waals surface area contributed by atoms with Crippen molar-refractivity contribution < 1.29 is 0 Å². The third kappa shape index (κ3) is 1.12. The highest BCUT2D eigenvalue weighted by atomic mass is 15.2. The molecular formula is C11H17N3. The van der Waals surface area contributed by atoms with Crippen LogP contribution < -0.4 is 5.32 Å². The van der Waals surface area contributed by atoms with Crippen LogP contribution in [-0.4, -0.2) is 16.1 Å². The van der Waals surface area contributed by atoms with Crippen molar-refractivity contribution in [2.75, 3.05) is 6.54 Å². The minimum Gasteiger partial charge on any atom is -0.329 e. The fourth-order valence-corrected chi connectivity index (χ4v) is 2.48. The monoisotopic (exact) mass is 191 g/mol. The zero-order valence-electron chi connectivity index (χ0n) is 8.71. The lowest BCUT2D eigenvalue weighted by Gasteiger charge is -2.27. The Labute approximate surface area is 84.5 Å². The largest absolute Gasteiger partial charge is 0.329 e. The smallest absolute Gasteiger partial charge is 0.112 e. The maximum absolute atomic E-state index is 4.74. The Bertz CT molecular complexity index is 350. The van der Waals surface area contributed by atoms with E-state index in [0.29, 0.717) is 0 Å². The highest BCUT2D eigenvalue weighted by Gasteiger charge is 2.27. The van der Waals surface area contributed by atoms with Crippen LogP contribution in [0.1, 0.15) is 42.4 Å². The van der Waals surface area contributed by atoms with Gasteiger partial charge in [0, 0.05) is 25.6 Å². The van der Waals surface area contributed by atoms with Gasteiger partial charge in [-0.3, -0.25) is 0 Å². The van der Waals surface area contributed by atoms with Gasteiger partial charge >= 0.3 is 0 Å². The van der Waals surface area contributed by atoms with Gasteiger partial charge in [0.1, 0.15) is 5.82 Å². The summed E-state index contributed by atoms with van der Waals surface area (Å²) in [5.74, 6) is 2.13. The minimum absolute atomic E-state index is 0.764. The number of hydrogen-bond acceptors (Lipinski definition) is 2. The molecule has 2 aliphatic rings. The zero-order valence-corrected chi connectivity index (χ0v) is 8.71. The molecule has 14 heavy (non-hydrogen) atoms. The van der Waals surface area contributed by atoms with Crippen LogP contribution in [0.2, 0.25) is 0 Å². The Balaban J connectivity index is 2.02. The van der Waals surface area contributed by atoms with Crippen LogP contribution >= 0.6 is 0 Å². The van der Waals surface area contributed by atoms with Crippen LogP contribution in [0.5, 0.6) is 0 Å². The molecule has 76 valence electrons. The van der Waals surface area contributed by atoms with Crippen molar-refractivity contribution in [1.82, 2.24) is 14.9 Å². The van der Waals surface area contributed by atoms with Gasteiger partial charge in [0.2, 0.25) is 0 Å². The van der Waals surface area contributed by atoms with Crippen LogP contribution in [0, 0.1) is 6.92 Å². The molecule has 0 atom stereocenters. The Morgan fingerprint density at radius 1 is 1.43 bits per heavy atom. The van der Waals surface area contributed by atoms with E-state index in [9.17, 15) is 0 Å². The van der Waals surface area contributed by atoms with Gasteiger partial charge in [-0.1, -0.05) is 6.42 Å². The van der Waals surface area contributed by atoms with E-state index in [-0.39, 0.29) is 0 Å². The number of aryl methyl sites for hydroxylation is 1. The second-order valence-corrected chi connectivity index (χ2v) is 4.46. The fraction of sp³-hybridized carbons (Fsp3) is 0.727. The quantitative estimate of drug-likeness (QED) is 0.730. The Hall–Kier alpha value is -0.830. The molecule has 2 heterocycles.